The minimum Gasteiger partial charge on any atom is -0.219 e. The highest BCUT2D eigenvalue weighted by molar-refractivity contribution is 7.95. The van der Waals surface area contributed by atoms with Gasteiger partial charge in [0.05, 0.1) is 9.80 Å². The zero-order valence-electron chi connectivity index (χ0n) is 7.97. The van der Waals surface area contributed by atoms with E-state index in [9.17, 15) is 8.42 Å². The molecule has 0 aliphatic rings. The molecule has 0 bridgehead atoms. The van der Waals surface area contributed by atoms with Gasteiger partial charge >= 0.3 is 0 Å². The molecule has 1 aromatic rings. The Morgan fingerprint density at radius 1 is 1.29 bits per heavy atom. The predicted molar refractivity (Wildman–Crippen MR) is 57.6 cm³/mol. The van der Waals surface area contributed by atoms with E-state index in [1.54, 1.807) is 43.3 Å². The average Bonchev–Trinajstić information content (AvgIpc) is 2.19. The van der Waals surface area contributed by atoms with Crippen LogP contribution in [0.4, 0.5) is 0 Å². The summed E-state index contributed by atoms with van der Waals surface area (Å²) in [5, 5.41) is 0. The SMILES string of the molecule is C=C(/C=C/C)S(=O)(=O)c1ccccc1. The van der Waals surface area contributed by atoms with Crippen molar-refractivity contribution in [3.8, 4) is 0 Å². The third kappa shape index (κ3) is 2.12. The highest BCUT2D eigenvalue weighted by Gasteiger charge is 2.15. The van der Waals surface area contributed by atoms with Crippen LogP contribution in [-0.4, -0.2) is 8.42 Å². The number of sulfone groups is 1. The maximum atomic E-state index is 11.8. The Labute approximate surface area is 84.5 Å². The van der Waals surface area contributed by atoms with Gasteiger partial charge in [0.25, 0.3) is 0 Å². The third-order valence-electron chi connectivity index (χ3n) is 1.75. The van der Waals surface area contributed by atoms with E-state index in [1.165, 1.54) is 6.08 Å². The molecule has 14 heavy (non-hydrogen) atoms. The Bertz CT molecular complexity index is 441. The molecule has 0 unspecified atom stereocenters. The fourth-order valence-corrected chi connectivity index (χ4v) is 2.16. The molecule has 0 heterocycles. The van der Waals surface area contributed by atoms with Gasteiger partial charge in [0.1, 0.15) is 0 Å². The summed E-state index contributed by atoms with van der Waals surface area (Å²) >= 11 is 0. The molecule has 0 saturated heterocycles. The topological polar surface area (TPSA) is 34.1 Å². The lowest BCUT2D eigenvalue weighted by Crippen LogP contribution is -2.01. The van der Waals surface area contributed by atoms with Crippen LogP contribution in [0.3, 0.4) is 0 Å². The van der Waals surface area contributed by atoms with E-state index in [0.717, 1.165) is 0 Å². The van der Waals surface area contributed by atoms with E-state index in [0.29, 0.717) is 0 Å². The number of benzene rings is 1. The van der Waals surface area contributed by atoms with Gasteiger partial charge in [-0.1, -0.05) is 30.9 Å². The third-order valence-corrected chi connectivity index (χ3v) is 3.47. The fraction of sp³-hybridized carbons (Fsp3) is 0.0909. The first kappa shape index (κ1) is 10.7. The zero-order chi connectivity index (χ0) is 10.6. The Morgan fingerprint density at radius 2 is 1.86 bits per heavy atom. The van der Waals surface area contributed by atoms with Gasteiger partial charge in [0.2, 0.25) is 9.84 Å². The van der Waals surface area contributed by atoms with Gasteiger partial charge in [-0.2, -0.15) is 0 Å². The summed E-state index contributed by atoms with van der Waals surface area (Å²) in [5.74, 6) is 0. The first-order valence-corrected chi connectivity index (χ1v) is 5.69. The largest absolute Gasteiger partial charge is 0.219 e. The van der Waals surface area contributed by atoms with Crippen molar-refractivity contribution in [2.45, 2.75) is 11.8 Å². The van der Waals surface area contributed by atoms with Crippen LogP contribution in [-0.2, 0) is 9.84 Å². The van der Waals surface area contributed by atoms with E-state index in [4.69, 9.17) is 0 Å². The number of hydrogen-bond donors (Lipinski definition) is 0. The number of rotatable bonds is 3. The molecule has 0 spiro atoms. The van der Waals surface area contributed by atoms with Gasteiger partial charge in [-0.05, 0) is 25.1 Å². The molecule has 0 radical (unpaired) electrons. The van der Waals surface area contributed by atoms with Crippen LogP contribution in [0.5, 0.6) is 0 Å². The second-order valence-electron chi connectivity index (χ2n) is 2.78. The van der Waals surface area contributed by atoms with Crippen molar-refractivity contribution >= 4 is 9.84 Å². The second-order valence-corrected chi connectivity index (χ2v) is 4.79. The lowest BCUT2D eigenvalue weighted by atomic mass is 10.4. The first-order valence-electron chi connectivity index (χ1n) is 4.21. The van der Waals surface area contributed by atoms with Crippen LogP contribution in [0.15, 0.2) is 58.9 Å². The number of hydrogen-bond acceptors (Lipinski definition) is 2. The smallest absolute Gasteiger partial charge is 0.205 e. The molecule has 0 fully saturated rings. The van der Waals surface area contributed by atoms with Crippen molar-refractivity contribution in [1.29, 1.82) is 0 Å². The van der Waals surface area contributed by atoms with Crippen LogP contribution < -0.4 is 0 Å². The molecule has 0 atom stereocenters. The Kier molecular flexibility index (Phi) is 3.25. The number of allylic oxidation sites excluding steroid dienone is 2. The highest BCUT2D eigenvalue weighted by Crippen LogP contribution is 2.17. The van der Waals surface area contributed by atoms with Crippen molar-refractivity contribution in [1.82, 2.24) is 0 Å². The summed E-state index contributed by atoms with van der Waals surface area (Å²) in [6.45, 7) is 5.27. The minimum atomic E-state index is -3.38. The molecule has 3 heteroatoms. The van der Waals surface area contributed by atoms with Crippen LogP contribution in [0, 0.1) is 0 Å². The molecule has 0 amide bonds. The van der Waals surface area contributed by atoms with Crippen molar-refractivity contribution in [2.24, 2.45) is 0 Å². The van der Waals surface area contributed by atoms with Gasteiger partial charge in [-0.15, -0.1) is 0 Å². The van der Waals surface area contributed by atoms with Crippen LogP contribution in [0.25, 0.3) is 0 Å². The minimum absolute atomic E-state index is 0.117. The highest BCUT2D eigenvalue weighted by atomic mass is 32.2. The standard InChI is InChI=1S/C11H12O2S/c1-3-7-10(2)14(12,13)11-8-5-4-6-9-11/h3-9H,2H2,1H3/b7-3+. The molecule has 0 aliphatic heterocycles. The van der Waals surface area contributed by atoms with Gasteiger partial charge in [-0.25, -0.2) is 8.42 Å². The zero-order valence-corrected chi connectivity index (χ0v) is 8.79. The molecule has 0 saturated carbocycles. The Balaban J connectivity index is 3.16. The molecule has 1 aromatic carbocycles. The lowest BCUT2D eigenvalue weighted by molar-refractivity contribution is 0.603. The quantitative estimate of drug-likeness (QED) is 0.715. The van der Waals surface area contributed by atoms with Crippen LogP contribution in [0.2, 0.25) is 0 Å². The van der Waals surface area contributed by atoms with Crippen molar-refractivity contribution < 1.29 is 8.42 Å². The van der Waals surface area contributed by atoms with Gasteiger partial charge in [0.15, 0.2) is 0 Å². The van der Waals surface area contributed by atoms with Crippen LogP contribution in [0.1, 0.15) is 6.92 Å². The summed E-state index contributed by atoms with van der Waals surface area (Å²) in [7, 11) is -3.38. The molecular formula is C11H12O2S. The van der Waals surface area contributed by atoms with Crippen molar-refractivity contribution in [3.05, 3.63) is 54.0 Å². The predicted octanol–water partition coefficient (Wildman–Crippen LogP) is 2.55. The normalized spacial score (nSPS) is 11.8. The van der Waals surface area contributed by atoms with Crippen LogP contribution >= 0.6 is 0 Å². The summed E-state index contributed by atoms with van der Waals surface area (Å²) in [4.78, 5) is 0.398. The molecule has 2 nitrogen and oxygen atoms in total. The van der Waals surface area contributed by atoms with Crippen molar-refractivity contribution in [2.75, 3.05) is 0 Å². The van der Waals surface area contributed by atoms with E-state index < -0.39 is 9.84 Å². The molecule has 74 valence electrons. The van der Waals surface area contributed by atoms with Crippen molar-refractivity contribution in [3.63, 3.8) is 0 Å². The van der Waals surface area contributed by atoms with E-state index in [-0.39, 0.29) is 9.80 Å². The van der Waals surface area contributed by atoms with E-state index in [1.807, 2.05) is 0 Å². The Hall–Kier alpha value is -1.35. The molecule has 0 aliphatic carbocycles. The summed E-state index contributed by atoms with van der Waals surface area (Å²) in [5.41, 5.74) is 0. The molecule has 1 rings (SSSR count). The van der Waals surface area contributed by atoms with E-state index >= 15 is 0 Å². The molecular weight excluding hydrogens is 196 g/mol. The van der Waals surface area contributed by atoms with Gasteiger partial charge < -0.3 is 0 Å². The maximum Gasteiger partial charge on any atom is 0.205 e. The second kappa shape index (κ2) is 4.24. The summed E-state index contributed by atoms with van der Waals surface area (Å²) in [6.07, 6.45) is 3.14. The molecule has 0 N–H and O–H groups in total. The molecule has 0 aromatic heterocycles. The lowest BCUT2D eigenvalue weighted by Gasteiger charge is -2.02. The van der Waals surface area contributed by atoms with Gasteiger partial charge in [0, 0.05) is 0 Å². The maximum absolute atomic E-state index is 11.8. The monoisotopic (exact) mass is 208 g/mol. The Morgan fingerprint density at radius 3 is 2.36 bits per heavy atom. The summed E-state index contributed by atoms with van der Waals surface area (Å²) < 4.78 is 23.5. The first-order chi connectivity index (χ1) is 6.59. The van der Waals surface area contributed by atoms with Gasteiger partial charge in [-0.3, -0.25) is 0 Å². The summed E-state index contributed by atoms with van der Waals surface area (Å²) in [6, 6.07) is 8.27. The average molecular weight is 208 g/mol. The fourth-order valence-electron chi connectivity index (χ4n) is 1.03. The van der Waals surface area contributed by atoms with E-state index in [2.05, 4.69) is 6.58 Å².